The van der Waals surface area contributed by atoms with Gasteiger partial charge in [-0.3, -0.25) is 24.9 Å². The normalized spacial score (nSPS) is 24.8. The maximum Gasteiger partial charge on any atom is 0.409 e. The Bertz CT molecular complexity index is 930. The Labute approximate surface area is 231 Å². The zero-order valence-corrected chi connectivity index (χ0v) is 23.9. The number of amides is 4. The average molecular weight is 550 g/mol. The van der Waals surface area contributed by atoms with Crippen LogP contribution in [0.4, 0.5) is 4.79 Å². The van der Waals surface area contributed by atoms with Crippen molar-refractivity contribution in [2.24, 2.45) is 35.1 Å². The van der Waals surface area contributed by atoms with Crippen LogP contribution in [0.3, 0.4) is 0 Å². The Morgan fingerprint density at radius 2 is 1.74 bits per heavy atom. The van der Waals surface area contributed by atoms with Crippen LogP contribution in [-0.2, 0) is 23.9 Å². The van der Waals surface area contributed by atoms with Crippen LogP contribution in [0.25, 0.3) is 0 Å². The summed E-state index contributed by atoms with van der Waals surface area (Å²) in [6.07, 6.45) is 7.31. The SMILES string of the molecule is CCCCC(CC)C(NC(=O)OC(C)(C)N)C(=O)N1C[C@@H]2CCC[C@@H]2[C@H]1C(=O)NC(CC1CC1)C(=O)C(N)=O. The number of Topliss-reactive ketones (excluding diaryl/α,β-unsaturated/α-hetero) is 1. The highest BCUT2D eigenvalue weighted by atomic mass is 16.6. The number of rotatable bonds is 14. The van der Waals surface area contributed by atoms with E-state index in [1.807, 2.05) is 6.92 Å². The fourth-order valence-corrected chi connectivity index (χ4v) is 6.24. The molecule has 6 N–H and O–H groups in total. The minimum absolute atomic E-state index is 0.0505. The number of nitrogens with one attached hydrogen (secondary N) is 2. The van der Waals surface area contributed by atoms with E-state index in [1.54, 1.807) is 18.7 Å². The van der Waals surface area contributed by atoms with Gasteiger partial charge in [0.05, 0.1) is 6.04 Å². The van der Waals surface area contributed by atoms with Crippen molar-refractivity contribution in [2.75, 3.05) is 6.54 Å². The first-order valence-corrected chi connectivity index (χ1v) is 14.6. The van der Waals surface area contributed by atoms with Crippen LogP contribution in [0.5, 0.6) is 0 Å². The second-order valence-electron chi connectivity index (χ2n) is 12.2. The largest absolute Gasteiger partial charge is 0.429 e. The molecule has 1 saturated heterocycles. The molecule has 1 aliphatic heterocycles. The summed E-state index contributed by atoms with van der Waals surface area (Å²) in [7, 11) is 0. The van der Waals surface area contributed by atoms with Crippen LogP contribution in [-0.4, -0.2) is 64.9 Å². The van der Waals surface area contributed by atoms with Crippen molar-refractivity contribution < 1.29 is 28.7 Å². The molecule has 220 valence electrons. The zero-order chi connectivity index (χ0) is 28.9. The Balaban J connectivity index is 1.86. The molecule has 3 rings (SSSR count). The molecule has 3 fully saturated rings. The monoisotopic (exact) mass is 549 g/mol. The Hall–Kier alpha value is -2.69. The minimum Gasteiger partial charge on any atom is -0.429 e. The van der Waals surface area contributed by atoms with E-state index in [0.29, 0.717) is 19.4 Å². The number of fused-ring (bicyclic) bond motifs is 1. The fraction of sp³-hybridized carbons (Fsp3) is 0.821. The standard InChI is InChI=1S/C28H47N5O6/c1-5-7-9-17(6-2)21(32-27(38)39-28(3,4)30)26(37)33-15-18-10-8-11-19(18)22(33)25(36)31-20(14-16-12-13-16)23(34)24(29)35/h16-22H,5-15,30H2,1-4H3,(H2,29,35)(H,31,36)(H,32,38)/t17?,18-,19-,20?,21?,22-/m0/s1. The molecule has 11 heteroatoms. The lowest BCUT2D eigenvalue weighted by Gasteiger charge is -2.34. The first-order chi connectivity index (χ1) is 18.4. The number of nitrogens with zero attached hydrogens (tertiary/aromatic N) is 1. The number of hydrogen-bond donors (Lipinski definition) is 4. The van der Waals surface area contributed by atoms with Gasteiger partial charge in [-0.05, 0) is 63.2 Å². The number of carbonyl (C=O) groups excluding carboxylic acids is 5. The molecule has 2 aliphatic carbocycles. The van der Waals surface area contributed by atoms with Gasteiger partial charge in [0.1, 0.15) is 12.1 Å². The quantitative estimate of drug-likeness (QED) is 0.189. The number of ether oxygens (including phenoxy) is 1. The molecular weight excluding hydrogens is 502 g/mol. The summed E-state index contributed by atoms with van der Waals surface area (Å²) in [4.78, 5) is 66.5. The van der Waals surface area contributed by atoms with Crippen molar-refractivity contribution in [1.82, 2.24) is 15.5 Å². The Kier molecular flexibility index (Phi) is 10.4. The fourth-order valence-electron chi connectivity index (χ4n) is 6.24. The molecule has 1 heterocycles. The van der Waals surface area contributed by atoms with Crippen molar-refractivity contribution in [2.45, 2.75) is 116 Å². The molecular formula is C28H47N5O6. The van der Waals surface area contributed by atoms with E-state index in [-0.39, 0.29) is 29.6 Å². The topological polar surface area (TPSA) is 174 Å². The number of unbranched alkanes of at least 4 members (excludes halogenated alkanes) is 1. The molecule has 39 heavy (non-hydrogen) atoms. The lowest BCUT2D eigenvalue weighted by atomic mass is 9.89. The van der Waals surface area contributed by atoms with Crippen molar-refractivity contribution in [1.29, 1.82) is 0 Å². The third-order valence-corrected chi connectivity index (χ3v) is 8.40. The summed E-state index contributed by atoms with van der Waals surface area (Å²) in [5, 5.41) is 5.55. The van der Waals surface area contributed by atoms with Crippen LogP contribution in [0, 0.1) is 23.7 Å². The molecule has 0 radical (unpaired) electrons. The van der Waals surface area contributed by atoms with Crippen LogP contribution >= 0.6 is 0 Å². The highest BCUT2D eigenvalue weighted by Gasteiger charge is 2.52. The second kappa shape index (κ2) is 13.1. The van der Waals surface area contributed by atoms with E-state index in [2.05, 4.69) is 17.6 Å². The number of hydrogen-bond acceptors (Lipinski definition) is 7. The van der Waals surface area contributed by atoms with Gasteiger partial charge in [0, 0.05) is 6.54 Å². The molecule has 11 nitrogen and oxygen atoms in total. The molecule has 3 aliphatic rings. The van der Waals surface area contributed by atoms with Crippen LogP contribution < -0.4 is 22.1 Å². The second-order valence-corrected chi connectivity index (χ2v) is 12.2. The summed E-state index contributed by atoms with van der Waals surface area (Å²) in [6.45, 7) is 7.53. The molecule has 6 atom stereocenters. The summed E-state index contributed by atoms with van der Waals surface area (Å²) in [5.74, 6) is -2.44. The number of primary amides is 1. The van der Waals surface area contributed by atoms with Crippen LogP contribution in [0.15, 0.2) is 0 Å². The number of alkyl carbamates (subject to hydrolysis) is 1. The first-order valence-electron chi connectivity index (χ1n) is 14.6. The number of likely N-dealkylation sites (tertiary alicyclic amines) is 1. The summed E-state index contributed by atoms with van der Waals surface area (Å²) in [5.41, 5.74) is 9.92. The van der Waals surface area contributed by atoms with E-state index >= 15 is 0 Å². The third kappa shape index (κ3) is 8.16. The van der Waals surface area contributed by atoms with Gasteiger partial charge in [-0.1, -0.05) is 52.4 Å². The number of carbonyl (C=O) groups is 5. The molecule has 0 bridgehead atoms. The minimum atomic E-state index is -1.22. The summed E-state index contributed by atoms with van der Waals surface area (Å²) in [6, 6.07) is -2.68. The van der Waals surface area contributed by atoms with Crippen LogP contribution in [0.1, 0.15) is 91.9 Å². The highest BCUT2D eigenvalue weighted by molar-refractivity contribution is 6.37. The van der Waals surface area contributed by atoms with Crippen LogP contribution in [0.2, 0.25) is 0 Å². The van der Waals surface area contributed by atoms with E-state index in [9.17, 15) is 24.0 Å². The van der Waals surface area contributed by atoms with Gasteiger partial charge in [-0.2, -0.15) is 0 Å². The number of ketones is 1. The Morgan fingerprint density at radius 3 is 2.31 bits per heavy atom. The maximum atomic E-state index is 14.2. The van der Waals surface area contributed by atoms with Gasteiger partial charge in [-0.15, -0.1) is 0 Å². The van der Waals surface area contributed by atoms with E-state index in [4.69, 9.17) is 16.2 Å². The van der Waals surface area contributed by atoms with Gasteiger partial charge >= 0.3 is 6.09 Å². The molecule has 0 aromatic carbocycles. The zero-order valence-electron chi connectivity index (χ0n) is 23.9. The van der Waals surface area contributed by atoms with Crippen molar-refractivity contribution in [3.63, 3.8) is 0 Å². The predicted molar refractivity (Wildman–Crippen MR) is 145 cm³/mol. The molecule has 0 aromatic heterocycles. The van der Waals surface area contributed by atoms with Crippen molar-refractivity contribution in [3.05, 3.63) is 0 Å². The van der Waals surface area contributed by atoms with Gasteiger partial charge in [0.25, 0.3) is 5.91 Å². The summed E-state index contributed by atoms with van der Waals surface area (Å²) >= 11 is 0. The maximum absolute atomic E-state index is 14.2. The summed E-state index contributed by atoms with van der Waals surface area (Å²) < 4.78 is 5.27. The predicted octanol–water partition coefficient (Wildman–Crippen LogP) is 1.96. The van der Waals surface area contributed by atoms with Gasteiger partial charge in [0.2, 0.25) is 17.6 Å². The lowest BCUT2D eigenvalue weighted by molar-refractivity contribution is -0.144. The van der Waals surface area contributed by atoms with Gasteiger partial charge in [-0.25, -0.2) is 4.79 Å². The molecule has 2 saturated carbocycles. The third-order valence-electron chi connectivity index (χ3n) is 8.40. The van der Waals surface area contributed by atoms with E-state index in [1.165, 1.54) is 0 Å². The van der Waals surface area contributed by atoms with E-state index in [0.717, 1.165) is 51.4 Å². The van der Waals surface area contributed by atoms with Gasteiger partial charge in [0.15, 0.2) is 5.72 Å². The van der Waals surface area contributed by atoms with E-state index < -0.39 is 47.5 Å². The van der Waals surface area contributed by atoms with Crippen molar-refractivity contribution >= 4 is 29.6 Å². The average Bonchev–Trinajstić information content (AvgIpc) is 3.42. The first kappa shape index (κ1) is 30.8. The molecule has 3 unspecified atom stereocenters. The van der Waals surface area contributed by atoms with Crippen molar-refractivity contribution in [3.8, 4) is 0 Å². The number of nitrogens with two attached hydrogens (primary N) is 2. The highest BCUT2D eigenvalue weighted by Crippen LogP contribution is 2.43. The smallest absolute Gasteiger partial charge is 0.409 e. The molecule has 0 aromatic rings. The lowest BCUT2D eigenvalue weighted by Crippen LogP contribution is -2.59. The Morgan fingerprint density at radius 1 is 1.05 bits per heavy atom. The van der Waals surface area contributed by atoms with Gasteiger partial charge < -0.3 is 26.0 Å². The molecule has 0 spiro atoms. The molecule has 4 amide bonds.